The summed E-state index contributed by atoms with van der Waals surface area (Å²) >= 11 is 3.14. The highest BCUT2D eigenvalue weighted by Gasteiger charge is 2.08. The molecule has 1 rings (SSSR count). The van der Waals surface area contributed by atoms with Gasteiger partial charge in [-0.2, -0.15) is 0 Å². The molecular weight excluding hydrogens is 276 g/mol. The number of halogens is 3. The Morgan fingerprint density at radius 1 is 1.19 bits per heavy atom. The fourth-order valence-corrected chi connectivity index (χ4v) is 2.02. The number of benzene rings is 1. The Morgan fingerprint density at radius 2 is 1.94 bits per heavy atom. The van der Waals surface area contributed by atoms with Crippen molar-refractivity contribution in [1.29, 1.82) is 0 Å². The summed E-state index contributed by atoms with van der Waals surface area (Å²) < 4.78 is 26.6. The minimum atomic E-state index is -0.569. The van der Waals surface area contributed by atoms with E-state index in [-0.39, 0.29) is 0 Å². The van der Waals surface area contributed by atoms with Gasteiger partial charge in [-0.05, 0) is 28.4 Å². The first kappa shape index (κ1) is 13.4. The Labute approximate surface area is 103 Å². The fourth-order valence-electron chi connectivity index (χ4n) is 1.48. The topological polar surface area (TPSA) is 12.0 Å². The van der Waals surface area contributed by atoms with Crippen LogP contribution >= 0.6 is 15.9 Å². The molecule has 0 heterocycles. The van der Waals surface area contributed by atoms with E-state index in [2.05, 4.69) is 28.2 Å². The molecule has 1 aromatic carbocycles. The number of anilines is 1. The fraction of sp³-hybridized carbons (Fsp3) is 0.500. The van der Waals surface area contributed by atoms with Gasteiger partial charge >= 0.3 is 0 Å². The Kier molecular flexibility index (Phi) is 5.74. The van der Waals surface area contributed by atoms with E-state index >= 15 is 0 Å². The summed E-state index contributed by atoms with van der Waals surface area (Å²) in [4.78, 5) is 0. The molecule has 0 saturated heterocycles. The van der Waals surface area contributed by atoms with Crippen molar-refractivity contribution in [2.24, 2.45) is 0 Å². The molecule has 0 unspecified atom stereocenters. The van der Waals surface area contributed by atoms with Crippen molar-refractivity contribution in [1.82, 2.24) is 0 Å². The summed E-state index contributed by atoms with van der Waals surface area (Å²) in [7, 11) is 0. The van der Waals surface area contributed by atoms with E-state index in [4.69, 9.17) is 0 Å². The minimum Gasteiger partial charge on any atom is -0.382 e. The highest BCUT2D eigenvalue weighted by Crippen LogP contribution is 2.26. The molecule has 0 saturated carbocycles. The normalized spacial score (nSPS) is 10.5. The second-order valence-electron chi connectivity index (χ2n) is 3.73. The average Bonchev–Trinajstić information content (AvgIpc) is 2.20. The molecule has 0 amide bonds. The van der Waals surface area contributed by atoms with Crippen LogP contribution in [-0.4, -0.2) is 6.54 Å². The lowest BCUT2D eigenvalue weighted by Crippen LogP contribution is -2.04. The predicted molar refractivity (Wildman–Crippen MR) is 66.7 cm³/mol. The molecule has 0 atom stereocenters. The molecular formula is C12H16BrF2N. The summed E-state index contributed by atoms with van der Waals surface area (Å²) in [6.07, 6.45) is 4.49. The SMILES string of the molecule is CCCCCCNc1c(F)cc(F)cc1Br. The average molecular weight is 292 g/mol. The van der Waals surface area contributed by atoms with Gasteiger partial charge in [0.15, 0.2) is 0 Å². The van der Waals surface area contributed by atoms with Gasteiger partial charge in [-0.1, -0.05) is 26.2 Å². The van der Waals surface area contributed by atoms with E-state index in [9.17, 15) is 8.78 Å². The molecule has 0 radical (unpaired) electrons. The van der Waals surface area contributed by atoms with Gasteiger partial charge in [-0.15, -0.1) is 0 Å². The van der Waals surface area contributed by atoms with Gasteiger partial charge in [0.25, 0.3) is 0 Å². The molecule has 0 spiro atoms. The number of nitrogens with one attached hydrogen (secondary N) is 1. The molecule has 16 heavy (non-hydrogen) atoms. The maximum Gasteiger partial charge on any atom is 0.150 e. The maximum absolute atomic E-state index is 13.4. The van der Waals surface area contributed by atoms with Crippen LogP contribution in [0.2, 0.25) is 0 Å². The smallest absolute Gasteiger partial charge is 0.150 e. The largest absolute Gasteiger partial charge is 0.382 e. The van der Waals surface area contributed by atoms with Crippen molar-refractivity contribution in [3.05, 3.63) is 28.2 Å². The molecule has 0 aliphatic rings. The minimum absolute atomic E-state index is 0.345. The van der Waals surface area contributed by atoms with Crippen LogP contribution in [0.25, 0.3) is 0 Å². The maximum atomic E-state index is 13.4. The van der Waals surface area contributed by atoms with E-state index < -0.39 is 11.6 Å². The lowest BCUT2D eigenvalue weighted by Gasteiger charge is -2.09. The zero-order chi connectivity index (χ0) is 12.0. The Morgan fingerprint density at radius 3 is 2.56 bits per heavy atom. The van der Waals surface area contributed by atoms with Crippen molar-refractivity contribution in [2.45, 2.75) is 32.6 Å². The summed E-state index contributed by atoms with van der Waals surface area (Å²) in [5.41, 5.74) is 0.345. The molecule has 0 fully saturated rings. The van der Waals surface area contributed by atoms with Gasteiger partial charge in [0.2, 0.25) is 0 Å². The van der Waals surface area contributed by atoms with Gasteiger partial charge in [-0.25, -0.2) is 8.78 Å². The summed E-state index contributed by atoms with van der Waals surface area (Å²) in [6, 6.07) is 2.15. The van der Waals surface area contributed by atoms with Gasteiger partial charge in [0, 0.05) is 17.1 Å². The first-order valence-corrected chi connectivity index (χ1v) is 6.33. The van der Waals surface area contributed by atoms with Crippen LogP contribution in [0.1, 0.15) is 32.6 Å². The molecule has 1 N–H and O–H groups in total. The van der Waals surface area contributed by atoms with Gasteiger partial charge in [0.05, 0.1) is 5.69 Å². The van der Waals surface area contributed by atoms with Crippen molar-refractivity contribution < 1.29 is 8.78 Å². The second kappa shape index (κ2) is 6.84. The second-order valence-corrected chi connectivity index (χ2v) is 4.59. The molecule has 1 aromatic rings. The van der Waals surface area contributed by atoms with Crippen molar-refractivity contribution in [3.8, 4) is 0 Å². The van der Waals surface area contributed by atoms with Crippen molar-refractivity contribution in [2.75, 3.05) is 11.9 Å². The van der Waals surface area contributed by atoms with E-state index in [1.54, 1.807) is 0 Å². The first-order valence-electron chi connectivity index (χ1n) is 5.53. The van der Waals surface area contributed by atoms with E-state index in [1.165, 1.54) is 18.9 Å². The van der Waals surface area contributed by atoms with Crippen LogP contribution in [0, 0.1) is 11.6 Å². The van der Waals surface area contributed by atoms with Crippen LogP contribution < -0.4 is 5.32 Å². The molecule has 0 aliphatic heterocycles. The van der Waals surface area contributed by atoms with Gasteiger partial charge in [-0.3, -0.25) is 0 Å². The molecule has 0 bridgehead atoms. The number of rotatable bonds is 6. The van der Waals surface area contributed by atoms with Crippen LogP contribution in [0.5, 0.6) is 0 Å². The lowest BCUT2D eigenvalue weighted by atomic mass is 10.2. The summed E-state index contributed by atoms with van der Waals surface area (Å²) in [6.45, 7) is 2.85. The number of hydrogen-bond acceptors (Lipinski definition) is 1. The third-order valence-electron chi connectivity index (χ3n) is 2.34. The predicted octanol–water partition coefficient (Wildman–Crippen LogP) is 4.72. The highest BCUT2D eigenvalue weighted by molar-refractivity contribution is 9.10. The zero-order valence-electron chi connectivity index (χ0n) is 9.32. The monoisotopic (exact) mass is 291 g/mol. The molecule has 0 aliphatic carbocycles. The quantitative estimate of drug-likeness (QED) is 0.748. The van der Waals surface area contributed by atoms with Crippen molar-refractivity contribution in [3.63, 3.8) is 0 Å². The molecule has 0 aromatic heterocycles. The molecule has 90 valence electrons. The van der Waals surface area contributed by atoms with E-state index in [0.717, 1.165) is 18.9 Å². The lowest BCUT2D eigenvalue weighted by molar-refractivity contribution is 0.583. The van der Waals surface area contributed by atoms with E-state index in [1.807, 2.05) is 0 Å². The third kappa shape index (κ3) is 4.08. The highest BCUT2D eigenvalue weighted by atomic mass is 79.9. The summed E-state index contributed by atoms with van der Waals surface area (Å²) in [5.74, 6) is -1.12. The Hall–Kier alpha value is -0.640. The summed E-state index contributed by atoms with van der Waals surface area (Å²) in [5, 5.41) is 2.98. The van der Waals surface area contributed by atoms with Crippen molar-refractivity contribution >= 4 is 21.6 Å². The van der Waals surface area contributed by atoms with Crippen LogP contribution in [0.15, 0.2) is 16.6 Å². The number of unbranched alkanes of at least 4 members (excludes halogenated alkanes) is 3. The van der Waals surface area contributed by atoms with Gasteiger partial charge < -0.3 is 5.32 Å². The van der Waals surface area contributed by atoms with Crippen LogP contribution in [0.3, 0.4) is 0 Å². The van der Waals surface area contributed by atoms with Crippen LogP contribution in [-0.2, 0) is 0 Å². The van der Waals surface area contributed by atoms with Crippen LogP contribution in [0.4, 0.5) is 14.5 Å². The van der Waals surface area contributed by atoms with Gasteiger partial charge in [0.1, 0.15) is 11.6 Å². The Bertz CT molecular complexity index is 319. The zero-order valence-corrected chi connectivity index (χ0v) is 10.9. The molecule has 4 heteroatoms. The van der Waals surface area contributed by atoms with E-state index in [0.29, 0.717) is 16.7 Å². The Balaban J connectivity index is 2.47. The first-order chi connectivity index (χ1) is 7.65. The molecule has 1 nitrogen and oxygen atoms in total. The standard InChI is InChI=1S/C12H16BrF2N/c1-2-3-4-5-6-16-12-10(13)7-9(14)8-11(12)15/h7-8,16H,2-6H2,1H3. The number of hydrogen-bond donors (Lipinski definition) is 1. The third-order valence-corrected chi connectivity index (χ3v) is 2.96.